The molecule has 1 amide bonds. The third kappa shape index (κ3) is 4.06. The highest BCUT2D eigenvalue weighted by Gasteiger charge is 2.19. The molecule has 0 atom stereocenters. The van der Waals surface area contributed by atoms with Crippen LogP contribution in [-0.4, -0.2) is 20.7 Å². The first-order chi connectivity index (χ1) is 14.4. The van der Waals surface area contributed by atoms with Crippen LogP contribution in [0.25, 0.3) is 17.1 Å². The van der Waals surface area contributed by atoms with E-state index in [4.69, 9.17) is 11.6 Å². The van der Waals surface area contributed by atoms with Crippen LogP contribution in [0.4, 0.5) is 14.5 Å². The average molecular weight is 425 g/mol. The number of carbonyl (C=O) groups excluding carboxylic acids is 1. The van der Waals surface area contributed by atoms with Crippen molar-refractivity contribution in [3.05, 3.63) is 94.8 Å². The van der Waals surface area contributed by atoms with Crippen molar-refractivity contribution in [1.82, 2.24) is 14.8 Å². The van der Waals surface area contributed by atoms with Crippen molar-refractivity contribution >= 4 is 23.2 Å². The Morgan fingerprint density at radius 1 is 0.967 bits per heavy atom. The first kappa shape index (κ1) is 19.7. The summed E-state index contributed by atoms with van der Waals surface area (Å²) < 4.78 is 28.1. The number of hydrogen-bond donors (Lipinski definition) is 1. The fourth-order valence-electron chi connectivity index (χ4n) is 2.86. The minimum atomic E-state index is -0.537. The molecule has 0 saturated heterocycles. The predicted octanol–water partition coefficient (Wildman–Crippen LogP) is 5.43. The molecule has 0 bridgehead atoms. The van der Waals surface area contributed by atoms with Crippen molar-refractivity contribution in [3.63, 3.8) is 0 Å². The second kappa shape index (κ2) is 8.04. The first-order valence-electron chi connectivity index (χ1n) is 8.97. The van der Waals surface area contributed by atoms with E-state index >= 15 is 0 Å². The highest BCUT2D eigenvalue weighted by atomic mass is 35.5. The highest BCUT2D eigenvalue weighted by Crippen LogP contribution is 2.24. The Balaban J connectivity index is 1.76. The molecule has 0 saturated carbocycles. The molecule has 0 aliphatic rings. The number of amides is 1. The fraction of sp³-hybridized carbons (Fsp3) is 0.0455. The van der Waals surface area contributed by atoms with E-state index in [9.17, 15) is 13.6 Å². The lowest BCUT2D eigenvalue weighted by Gasteiger charge is -2.06. The standard InChI is InChI=1S/C22H15ClF2N4O/c1-13-2-5-15(23)12-19(13)26-22(30)20-27-21(14-3-6-16(24)7-4-14)29(28-20)18-10-8-17(25)9-11-18/h2-12H,1H3,(H,26,30). The molecule has 5 nitrogen and oxygen atoms in total. The summed E-state index contributed by atoms with van der Waals surface area (Å²) in [5, 5.41) is 7.53. The maximum Gasteiger partial charge on any atom is 0.295 e. The van der Waals surface area contributed by atoms with Crippen LogP contribution in [0, 0.1) is 18.6 Å². The van der Waals surface area contributed by atoms with Crippen molar-refractivity contribution in [3.8, 4) is 17.1 Å². The summed E-state index contributed by atoms with van der Waals surface area (Å²) in [5.74, 6) is -1.13. The molecule has 1 heterocycles. The van der Waals surface area contributed by atoms with E-state index in [-0.39, 0.29) is 5.82 Å². The van der Waals surface area contributed by atoms with Gasteiger partial charge in [-0.15, -0.1) is 5.10 Å². The Bertz CT molecular complexity index is 1160. The van der Waals surface area contributed by atoms with E-state index in [1.807, 2.05) is 6.92 Å². The zero-order valence-electron chi connectivity index (χ0n) is 15.7. The van der Waals surface area contributed by atoms with Gasteiger partial charge in [-0.05, 0) is 73.2 Å². The number of aromatic nitrogens is 3. The van der Waals surface area contributed by atoms with E-state index in [1.54, 1.807) is 18.2 Å². The molecule has 4 aromatic rings. The topological polar surface area (TPSA) is 59.8 Å². The van der Waals surface area contributed by atoms with Crippen molar-refractivity contribution in [2.24, 2.45) is 0 Å². The van der Waals surface area contributed by atoms with Crippen LogP contribution in [-0.2, 0) is 0 Å². The van der Waals surface area contributed by atoms with Gasteiger partial charge in [-0.1, -0.05) is 17.7 Å². The minimum Gasteiger partial charge on any atom is -0.319 e. The van der Waals surface area contributed by atoms with E-state index in [1.165, 1.54) is 53.2 Å². The van der Waals surface area contributed by atoms with Gasteiger partial charge in [-0.3, -0.25) is 4.79 Å². The molecule has 30 heavy (non-hydrogen) atoms. The number of rotatable bonds is 4. The summed E-state index contributed by atoms with van der Waals surface area (Å²) in [4.78, 5) is 17.1. The number of benzene rings is 3. The number of anilines is 1. The van der Waals surface area contributed by atoms with Gasteiger partial charge in [0, 0.05) is 16.3 Å². The zero-order chi connectivity index (χ0) is 21.3. The Kier molecular flexibility index (Phi) is 5.29. The third-order valence-corrected chi connectivity index (χ3v) is 4.67. The van der Waals surface area contributed by atoms with Crippen LogP contribution in [0.2, 0.25) is 5.02 Å². The number of nitrogens with zero attached hydrogens (tertiary/aromatic N) is 3. The van der Waals surface area contributed by atoms with Gasteiger partial charge in [0.15, 0.2) is 5.82 Å². The summed E-state index contributed by atoms with van der Waals surface area (Å²) >= 11 is 6.01. The van der Waals surface area contributed by atoms with Gasteiger partial charge in [0.25, 0.3) is 5.91 Å². The maximum absolute atomic E-state index is 13.4. The molecular formula is C22H15ClF2N4O. The molecule has 8 heteroatoms. The summed E-state index contributed by atoms with van der Waals surface area (Å²) in [7, 11) is 0. The molecule has 0 aliphatic carbocycles. The Morgan fingerprint density at radius 3 is 2.27 bits per heavy atom. The van der Waals surface area contributed by atoms with E-state index in [0.29, 0.717) is 27.8 Å². The summed E-state index contributed by atoms with van der Waals surface area (Å²) in [6.07, 6.45) is 0. The van der Waals surface area contributed by atoms with Crippen LogP contribution in [0.5, 0.6) is 0 Å². The predicted molar refractivity (Wildman–Crippen MR) is 111 cm³/mol. The van der Waals surface area contributed by atoms with Gasteiger partial charge in [0.2, 0.25) is 5.82 Å². The second-order valence-electron chi connectivity index (χ2n) is 6.57. The molecule has 4 rings (SSSR count). The number of nitrogens with one attached hydrogen (secondary N) is 1. The Labute approximate surface area is 176 Å². The molecule has 0 unspecified atom stereocenters. The van der Waals surface area contributed by atoms with Crippen LogP contribution in [0.3, 0.4) is 0 Å². The summed E-state index contributed by atoms with van der Waals surface area (Å²) in [5.41, 5.74) is 2.41. The van der Waals surface area contributed by atoms with Crippen LogP contribution in [0.15, 0.2) is 66.7 Å². The maximum atomic E-state index is 13.4. The van der Waals surface area contributed by atoms with Crippen molar-refractivity contribution in [2.75, 3.05) is 5.32 Å². The molecular weight excluding hydrogens is 410 g/mol. The number of halogens is 3. The molecule has 0 fully saturated rings. The minimum absolute atomic E-state index is 0.0991. The summed E-state index contributed by atoms with van der Waals surface area (Å²) in [6.45, 7) is 1.83. The normalized spacial score (nSPS) is 10.8. The lowest BCUT2D eigenvalue weighted by Crippen LogP contribution is -2.15. The molecule has 1 aromatic heterocycles. The molecule has 1 N–H and O–H groups in total. The number of carbonyl (C=O) groups is 1. The number of hydrogen-bond acceptors (Lipinski definition) is 3. The highest BCUT2D eigenvalue weighted by molar-refractivity contribution is 6.31. The molecule has 3 aromatic carbocycles. The summed E-state index contributed by atoms with van der Waals surface area (Å²) in [6, 6.07) is 16.4. The van der Waals surface area contributed by atoms with Gasteiger partial charge in [-0.25, -0.2) is 18.4 Å². The number of aryl methyl sites for hydroxylation is 1. The molecule has 0 spiro atoms. The molecule has 0 aliphatic heterocycles. The van der Waals surface area contributed by atoms with Crippen LogP contribution >= 0.6 is 11.6 Å². The SMILES string of the molecule is Cc1ccc(Cl)cc1NC(=O)c1nc(-c2ccc(F)cc2)n(-c2ccc(F)cc2)n1. The van der Waals surface area contributed by atoms with Gasteiger partial charge in [-0.2, -0.15) is 0 Å². The lowest BCUT2D eigenvalue weighted by atomic mass is 10.2. The van der Waals surface area contributed by atoms with Crippen molar-refractivity contribution < 1.29 is 13.6 Å². The zero-order valence-corrected chi connectivity index (χ0v) is 16.5. The lowest BCUT2D eigenvalue weighted by molar-refractivity contribution is 0.101. The largest absolute Gasteiger partial charge is 0.319 e. The van der Waals surface area contributed by atoms with E-state index in [2.05, 4.69) is 15.4 Å². The van der Waals surface area contributed by atoms with E-state index in [0.717, 1.165) is 5.56 Å². The third-order valence-electron chi connectivity index (χ3n) is 4.43. The van der Waals surface area contributed by atoms with Crippen LogP contribution in [0.1, 0.15) is 16.2 Å². The smallest absolute Gasteiger partial charge is 0.295 e. The quantitative estimate of drug-likeness (QED) is 0.475. The van der Waals surface area contributed by atoms with Crippen molar-refractivity contribution in [2.45, 2.75) is 6.92 Å². The van der Waals surface area contributed by atoms with Gasteiger partial charge < -0.3 is 5.32 Å². The first-order valence-corrected chi connectivity index (χ1v) is 9.35. The van der Waals surface area contributed by atoms with Crippen LogP contribution < -0.4 is 5.32 Å². The van der Waals surface area contributed by atoms with Gasteiger partial charge in [0.05, 0.1) is 5.69 Å². The molecule has 0 radical (unpaired) electrons. The Hall–Kier alpha value is -3.58. The van der Waals surface area contributed by atoms with Gasteiger partial charge >= 0.3 is 0 Å². The molecule has 150 valence electrons. The fourth-order valence-corrected chi connectivity index (χ4v) is 3.04. The van der Waals surface area contributed by atoms with E-state index < -0.39 is 17.5 Å². The monoisotopic (exact) mass is 424 g/mol. The van der Waals surface area contributed by atoms with Crippen molar-refractivity contribution in [1.29, 1.82) is 0 Å². The average Bonchev–Trinajstić information content (AvgIpc) is 3.17. The second-order valence-corrected chi connectivity index (χ2v) is 7.00. The Morgan fingerprint density at radius 2 is 1.60 bits per heavy atom. The van der Waals surface area contributed by atoms with Gasteiger partial charge in [0.1, 0.15) is 11.6 Å².